The Morgan fingerprint density at radius 1 is 1.15 bits per heavy atom. The molecular weight excluding hydrogens is 398 g/mol. The van der Waals surface area contributed by atoms with Crippen molar-refractivity contribution in [2.45, 2.75) is 31.2 Å². The molecule has 1 N–H and O–H groups in total. The Morgan fingerprint density at radius 3 is 2.50 bits per heavy atom. The first-order chi connectivity index (χ1) is 9.70. The molecule has 1 heterocycles. The molecule has 1 aromatic heterocycles. The molecule has 1 atom stereocenters. The average molecular weight is 415 g/mol. The highest BCUT2D eigenvalue weighted by molar-refractivity contribution is 9.10. The van der Waals surface area contributed by atoms with Crippen molar-refractivity contribution in [2.24, 2.45) is 0 Å². The van der Waals surface area contributed by atoms with Gasteiger partial charge in [-0.05, 0) is 59.0 Å². The summed E-state index contributed by atoms with van der Waals surface area (Å²) >= 11 is 8.91. The molecule has 0 aliphatic heterocycles. The van der Waals surface area contributed by atoms with E-state index in [1.165, 1.54) is 27.8 Å². The lowest BCUT2D eigenvalue weighted by Gasteiger charge is -2.17. The number of halogens is 2. The highest BCUT2D eigenvalue weighted by Crippen LogP contribution is 2.28. The molecule has 0 bridgehead atoms. The van der Waals surface area contributed by atoms with Crippen LogP contribution in [0.25, 0.3) is 0 Å². The van der Waals surface area contributed by atoms with E-state index < -0.39 is 0 Å². The van der Waals surface area contributed by atoms with Gasteiger partial charge in [-0.25, -0.2) is 0 Å². The molecule has 1 unspecified atom stereocenters. The van der Waals surface area contributed by atoms with E-state index in [0.717, 1.165) is 23.5 Å². The van der Waals surface area contributed by atoms with Gasteiger partial charge in [0.05, 0.1) is 0 Å². The Bertz CT molecular complexity index is 560. The number of hydrogen-bond acceptors (Lipinski definition) is 2. The van der Waals surface area contributed by atoms with Gasteiger partial charge in [0, 0.05) is 37.7 Å². The minimum absolute atomic E-state index is 0.550. The van der Waals surface area contributed by atoms with Gasteiger partial charge in [0.15, 0.2) is 0 Å². The monoisotopic (exact) mass is 413 g/mol. The van der Waals surface area contributed by atoms with Gasteiger partial charge in [0.25, 0.3) is 0 Å². The molecule has 1 aliphatic rings. The number of nitrogens with one attached hydrogen (secondary N) is 1. The maximum atomic E-state index is 3.68. The second-order valence-corrected chi connectivity index (χ2v) is 8.19. The highest BCUT2D eigenvalue weighted by Gasteiger charge is 2.22. The van der Waals surface area contributed by atoms with Crippen molar-refractivity contribution in [1.29, 1.82) is 0 Å². The van der Waals surface area contributed by atoms with E-state index in [9.17, 15) is 0 Å². The number of benzene rings is 1. The minimum Gasteiger partial charge on any atom is -0.313 e. The third-order valence-corrected chi connectivity index (χ3v) is 5.89. The molecule has 106 valence electrons. The number of rotatable bonds is 6. The smallest absolute Gasteiger partial charge is 0.0285 e. The van der Waals surface area contributed by atoms with Crippen molar-refractivity contribution < 1.29 is 0 Å². The number of thiophene rings is 1. The molecule has 0 saturated heterocycles. The van der Waals surface area contributed by atoms with E-state index in [1.54, 1.807) is 0 Å². The molecule has 4 heteroatoms. The fourth-order valence-electron chi connectivity index (χ4n) is 2.34. The second kappa shape index (κ2) is 6.73. The normalized spacial score (nSPS) is 16.3. The summed E-state index contributed by atoms with van der Waals surface area (Å²) < 4.78 is 2.34. The van der Waals surface area contributed by atoms with Gasteiger partial charge in [-0.2, -0.15) is 0 Å². The van der Waals surface area contributed by atoms with Crippen molar-refractivity contribution in [2.75, 3.05) is 6.54 Å². The molecule has 1 saturated carbocycles. The lowest BCUT2D eigenvalue weighted by atomic mass is 9.95. The maximum Gasteiger partial charge on any atom is 0.0285 e. The lowest BCUT2D eigenvalue weighted by molar-refractivity contribution is 0.580. The SMILES string of the molecule is Brc1ccc(C(CNC2CC2)Cc2cc(Br)cs2)cc1. The second-order valence-electron chi connectivity index (χ2n) is 5.37. The molecular formula is C16H17Br2NS. The van der Waals surface area contributed by atoms with Crippen LogP contribution in [0.4, 0.5) is 0 Å². The van der Waals surface area contributed by atoms with E-state index in [2.05, 4.69) is 72.9 Å². The van der Waals surface area contributed by atoms with Gasteiger partial charge >= 0.3 is 0 Å². The van der Waals surface area contributed by atoms with Gasteiger partial charge in [-0.3, -0.25) is 0 Å². The van der Waals surface area contributed by atoms with E-state index in [-0.39, 0.29) is 0 Å². The van der Waals surface area contributed by atoms with Gasteiger partial charge in [-0.1, -0.05) is 28.1 Å². The Kier molecular flexibility index (Phi) is 4.97. The average Bonchev–Trinajstić information content (AvgIpc) is 3.18. The van der Waals surface area contributed by atoms with Crippen LogP contribution in [0.2, 0.25) is 0 Å². The van der Waals surface area contributed by atoms with E-state index >= 15 is 0 Å². The third kappa shape index (κ3) is 4.17. The van der Waals surface area contributed by atoms with Crippen LogP contribution >= 0.6 is 43.2 Å². The first-order valence-electron chi connectivity index (χ1n) is 6.92. The zero-order valence-corrected chi connectivity index (χ0v) is 15.1. The molecule has 3 rings (SSSR count). The van der Waals surface area contributed by atoms with Crippen LogP contribution in [0, 0.1) is 0 Å². The highest BCUT2D eigenvalue weighted by atomic mass is 79.9. The van der Waals surface area contributed by atoms with E-state index in [4.69, 9.17) is 0 Å². The summed E-state index contributed by atoms with van der Waals surface area (Å²) in [6.07, 6.45) is 3.80. The molecule has 1 fully saturated rings. The fourth-order valence-corrected chi connectivity index (χ4v) is 4.14. The summed E-state index contributed by atoms with van der Waals surface area (Å²) in [5, 5.41) is 5.85. The molecule has 20 heavy (non-hydrogen) atoms. The van der Waals surface area contributed by atoms with Crippen molar-refractivity contribution in [3.63, 3.8) is 0 Å². The van der Waals surface area contributed by atoms with E-state index in [0.29, 0.717) is 5.92 Å². The van der Waals surface area contributed by atoms with Crippen molar-refractivity contribution >= 4 is 43.2 Å². The van der Waals surface area contributed by atoms with Gasteiger partial charge in [-0.15, -0.1) is 11.3 Å². The zero-order chi connectivity index (χ0) is 13.9. The maximum absolute atomic E-state index is 3.68. The summed E-state index contributed by atoms with van der Waals surface area (Å²) in [5.74, 6) is 0.550. The molecule has 1 aliphatic carbocycles. The topological polar surface area (TPSA) is 12.0 Å². The van der Waals surface area contributed by atoms with Crippen LogP contribution < -0.4 is 5.32 Å². The molecule has 1 nitrogen and oxygen atoms in total. The lowest BCUT2D eigenvalue weighted by Crippen LogP contribution is -2.24. The summed E-state index contributed by atoms with van der Waals surface area (Å²) in [6, 6.07) is 11.8. The number of hydrogen-bond donors (Lipinski definition) is 1. The quantitative estimate of drug-likeness (QED) is 0.671. The Morgan fingerprint density at radius 2 is 1.90 bits per heavy atom. The minimum atomic E-state index is 0.550. The van der Waals surface area contributed by atoms with Crippen molar-refractivity contribution in [3.05, 3.63) is 55.1 Å². The largest absolute Gasteiger partial charge is 0.313 e. The predicted molar refractivity (Wildman–Crippen MR) is 93.6 cm³/mol. The Hall–Kier alpha value is -0.160. The summed E-state index contributed by atoms with van der Waals surface area (Å²) in [7, 11) is 0. The van der Waals surface area contributed by atoms with Gasteiger partial charge < -0.3 is 5.32 Å². The van der Waals surface area contributed by atoms with Gasteiger partial charge in [0.1, 0.15) is 0 Å². The summed E-state index contributed by atoms with van der Waals surface area (Å²) in [6.45, 7) is 1.07. The molecule has 0 amide bonds. The Balaban J connectivity index is 1.73. The van der Waals surface area contributed by atoms with Crippen molar-refractivity contribution in [1.82, 2.24) is 5.32 Å². The van der Waals surface area contributed by atoms with Crippen LogP contribution in [-0.4, -0.2) is 12.6 Å². The van der Waals surface area contributed by atoms with Crippen molar-refractivity contribution in [3.8, 4) is 0 Å². The van der Waals surface area contributed by atoms with Crippen LogP contribution in [0.15, 0.2) is 44.7 Å². The molecule has 1 aromatic carbocycles. The molecule has 0 radical (unpaired) electrons. The Labute approximate surface area is 141 Å². The van der Waals surface area contributed by atoms with Crippen LogP contribution in [0.5, 0.6) is 0 Å². The zero-order valence-electron chi connectivity index (χ0n) is 11.1. The summed E-state index contributed by atoms with van der Waals surface area (Å²) in [4.78, 5) is 1.45. The summed E-state index contributed by atoms with van der Waals surface area (Å²) in [5.41, 5.74) is 1.42. The van der Waals surface area contributed by atoms with Crippen LogP contribution in [-0.2, 0) is 6.42 Å². The first-order valence-corrected chi connectivity index (χ1v) is 9.39. The van der Waals surface area contributed by atoms with Gasteiger partial charge in [0.2, 0.25) is 0 Å². The fraction of sp³-hybridized carbons (Fsp3) is 0.375. The molecule has 2 aromatic rings. The molecule has 0 spiro atoms. The standard InChI is InChI=1S/C16H17Br2NS/c17-13-3-1-11(2-4-13)12(9-19-15-5-6-15)7-16-8-14(18)10-20-16/h1-4,8,10,12,15,19H,5-7,9H2. The third-order valence-electron chi connectivity index (χ3n) is 3.64. The van der Waals surface area contributed by atoms with Crippen LogP contribution in [0.3, 0.4) is 0 Å². The first kappa shape index (κ1) is 14.8. The van der Waals surface area contributed by atoms with E-state index in [1.807, 2.05) is 11.3 Å². The predicted octanol–water partition coefficient (Wildman–Crippen LogP) is 5.35. The van der Waals surface area contributed by atoms with Crippen LogP contribution in [0.1, 0.15) is 29.2 Å².